The fourth-order valence-corrected chi connectivity index (χ4v) is 5.59. The lowest BCUT2D eigenvalue weighted by molar-refractivity contribution is 0.0648. The van der Waals surface area contributed by atoms with Crippen molar-refractivity contribution in [2.75, 3.05) is 19.7 Å². The van der Waals surface area contributed by atoms with Crippen molar-refractivity contribution in [3.05, 3.63) is 101 Å². The minimum absolute atomic E-state index is 0.0153. The lowest BCUT2D eigenvalue weighted by Crippen LogP contribution is -2.46. The summed E-state index contributed by atoms with van der Waals surface area (Å²) in [5.74, 6) is 1.09. The molecule has 1 saturated heterocycles. The minimum Gasteiger partial charge on any atom is -0.492 e. The van der Waals surface area contributed by atoms with E-state index < -0.39 is 0 Å². The summed E-state index contributed by atoms with van der Waals surface area (Å²) in [4.78, 5) is 15.7. The molecule has 0 aliphatic carbocycles. The highest BCUT2D eigenvalue weighted by Crippen LogP contribution is 2.46. The summed E-state index contributed by atoms with van der Waals surface area (Å²) in [5, 5.41) is 1.02. The summed E-state index contributed by atoms with van der Waals surface area (Å²) in [7, 11) is 0. The molecule has 1 fully saturated rings. The first-order valence-corrected chi connectivity index (χ1v) is 12.0. The number of hydrogen-bond acceptors (Lipinski definition) is 3. The Kier molecular flexibility index (Phi) is 5.15. The summed E-state index contributed by atoms with van der Waals surface area (Å²) in [6.07, 6.45) is 3.84. The number of hydrogen-bond donors (Lipinski definition) is 1. The van der Waals surface area contributed by atoms with Gasteiger partial charge in [0.15, 0.2) is 0 Å². The molecule has 0 unspecified atom stereocenters. The van der Waals surface area contributed by atoms with Crippen LogP contribution in [0.5, 0.6) is 5.75 Å². The third kappa shape index (κ3) is 3.48. The molecule has 0 bridgehead atoms. The zero-order valence-corrected chi connectivity index (χ0v) is 19.2. The fraction of sp³-hybridized carbons (Fsp3) is 0.276. The quantitative estimate of drug-likeness (QED) is 0.489. The Morgan fingerprint density at radius 1 is 0.941 bits per heavy atom. The van der Waals surface area contributed by atoms with E-state index in [1.54, 1.807) is 0 Å². The molecule has 1 amide bonds. The van der Waals surface area contributed by atoms with E-state index in [0.717, 1.165) is 60.3 Å². The highest BCUT2D eigenvalue weighted by atomic mass is 16.5. The average Bonchev–Trinajstić information content (AvgIpc) is 3.43. The first-order chi connectivity index (χ1) is 16.7. The van der Waals surface area contributed by atoms with Gasteiger partial charge in [-0.15, -0.1) is 0 Å². The van der Waals surface area contributed by atoms with Crippen LogP contribution in [0.1, 0.15) is 39.9 Å². The van der Waals surface area contributed by atoms with Gasteiger partial charge < -0.3 is 19.9 Å². The van der Waals surface area contributed by atoms with Gasteiger partial charge in [0.05, 0.1) is 12.2 Å². The summed E-state index contributed by atoms with van der Waals surface area (Å²) >= 11 is 0. The number of aromatic nitrogens is 1. The molecule has 0 radical (unpaired) electrons. The monoisotopic (exact) mass is 451 g/mol. The van der Waals surface area contributed by atoms with Gasteiger partial charge in [0.1, 0.15) is 5.75 Å². The summed E-state index contributed by atoms with van der Waals surface area (Å²) in [5.41, 5.74) is 11.4. The maximum absolute atomic E-state index is 13.7. The molecule has 34 heavy (non-hydrogen) atoms. The highest BCUT2D eigenvalue weighted by Gasteiger charge is 2.44. The Balaban J connectivity index is 1.25. The average molecular weight is 452 g/mol. The van der Waals surface area contributed by atoms with Gasteiger partial charge in [0.2, 0.25) is 0 Å². The molecule has 1 aromatic heterocycles. The third-order valence-electron chi connectivity index (χ3n) is 7.58. The van der Waals surface area contributed by atoms with Gasteiger partial charge in [0.25, 0.3) is 5.91 Å². The molecule has 2 aliphatic rings. The van der Waals surface area contributed by atoms with Gasteiger partial charge in [-0.2, -0.15) is 0 Å². The normalized spacial score (nSPS) is 16.6. The molecular formula is C29H29N3O2. The number of nitrogens with two attached hydrogens (primary N) is 1. The van der Waals surface area contributed by atoms with E-state index in [-0.39, 0.29) is 11.3 Å². The molecule has 4 aromatic rings. The maximum Gasteiger partial charge on any atom is 0.256 e. The van der Waals surface area contributed by atoms with Crippen molar-refractivity contribution < 1.29 is 9.53 Å². The van der Waals surface area contributed by atoms with Crippen LogP contribution in [0.4, 0.5) is 0 Å². The molecule has 0 saturated carbocycles. The number of piperidine rings is 1. The Morgan fingerprint density at radius 3 is 2.50 bits per heavy atom. The zero-order valence-electron chi connectivity index (χ0n) is 19.2. The van der Waals surface area contributed by atoms with Crippen molar-refractivity contribution >= 4 is 16.8 Å². The first-order valence-electron chi connectivity index (χ1n) is 12.0. The van der Waals surface area contributed by atoms with Crippen LogP contribution in [-0.2, 0) is 18.5 Å². The first kappa shape index (κ1) is 21.0. The number of carbonyl (C=O) groups excluding carboxylic acids is 1. The SMILES string of the molecule is NCc1ccc2c(c1)C1(CCN(C(=O)c3cn(Cc4ccccc4)c4ccccc34)CC1)CO2. The smallest absolute Gasteiger partial charge is 0.256 e. The van der Waals surface area contributed by atoms with Crippen molar-refractivity contribution in [3.8, 4) is 5.75 Å². The fourth-order valence-electron chi connectivity index (χ4n) is 5.59. The van der Waals surface area contributed by atoms with E-state index in [2.05, 4.69) is 47.0 Å². The number of nitrogens with zero attached hydrogens (tertiary/aromatic N) is 2. The van der Waals surface area contributed by atoms with Gasteiger partial charge in [-0.05, 0) is 36.1 Å². The molecule has 172 valence electrons. The molecule has 3 aromatic carbocycles. The summed E-state index contributed by atoms with van der Waals surface area (Å²) in [6, 6.07) is 24.9. The number of para-hydroxylation sites is 1. The molecular weight excluding hydrogens is 422 g/mol. The third-order valence-corrected chi connectivity index (χ3v) is 7.58. The van der Waals surface area contributed by atoms with Crippen LogP contribution in [0.2, 0.25) is 0 Å². The predicted octanol–water partition coefficient (Wildman–Crippen LogP) is 4.71. The predicted molar refractivity (Wildman–Crippen MR) is 134 cm³/mol. The van der Waals surface area contributed by atoms with Gasteiger partial charge in [-0.1, -0.05) is 60.7 Å². The standard InChI is InChI=1S/C29H29N3O2/c30-17-22-10-11-27-25(16-22)29(20-34-27)12-14-31(15-13-29)28(33)24-19-32(18-21-6-2-1-3-7-21)26-9-5-4-8-23(24)26/h1-11,16,19H,12-15,17-18,20,30H2. The molecule has 5 heteroatoms. The van der Waals surface area contributed by atoms with Crippen LogP contribution in [0.3, 0.4) is 0 Å². The number of benzene rings is 3. The molecule has 6 rings (SSSR count). The maximum atomic E-state index is 13.7. The second-order valence-electron chi connectivity index (χ2n) is 9.57. The van der Waals surface area contributed by atoms with Crippen LogP contribution >= 0.6 is 0 Å². The number of fused-ring (bicyclic) bond motifs is 3. The second-order valence-corrected chi connectivity index (χ2v) is 9.57. The van der Waals surface area contributed by atoms with Crippen molar-refractivity contribution in [2.24, 2.45) is 5.73 Å². The van der Waals surface area contributed by atoms with Gasteiger partial charge >= 0.3 is 0 Å². The molecule has 0 atom stereocenters. The van der Waals surface area contributed by atoms with Crippen molar-refractivity contribution in [2.45, 2.75) is 31.3 Å². The highest BCUT2D eigenvalue weighted by molar-refractivity contribution is 6.07. The van der Waals surface area contributed by atoms with Crippen molar-refractivity contribution in [3.63, 3.8) is 0 Å². The topological polar surface area (TPSA) is 60.5 Å². The van der Waals surface area contributed by atoms with E-state index in [1.807, 2.05) is 41.4 Å². The lowest BCUT2D eigenvalue weighted by atomic mass is 9.74. The van der Waals surface area contributed by atoms with E-state index >= 15 is 0 Å². The molecule has 3 heterocycles. The minimum atomic E-state index is -0.0153. The van der Waals surface area contributed by atoms with Crippen LogP contribution in [0, 0.1) is 0 Å². The molecule has 2 N–H and O–H groups in total. The van der Waals surface area contributed by atoms with Crippen LogP contribution in [0.25, 0.3) is 10.9 Å². The van der Waals surface area contributed by atoms with Gasteiger partial charge in [0, 0.05) is 54.3 Å². The summed E-state index contributed by atoms with van der Waals surface area (Å²) < 4.78 is 8.23. The van der Waals surface area contributed by atoms with E-state index in [4.69, 9.17) is 10.5 Å². The Bertz CT molecular complexity index is 1350. The Hall–Kier alpha value is -3.57. The number of ether oxygens (including phenoxy) is 1. The lowest BCUT2D eigenvalue weighted by Gasteiger charge is -2.38. The van der Waals surface area contributed by atoms with Crippen LogP contribution < -0.4 is 10.5 Å². The molecule has 5 nitrogen and oxygen atoms in total. The molecule has 1 spiro atoms. The largest absolute Gasteiger partial charge is 0.492 e. The van der Waals surface area contributed by atoms with E-state index in [1.165, 1.54) is 11.1 Å². The number of likely N-dealkylation sites (tertiary alicyclic amines) is 1. The van der Waals surface area contributed by atoms with Crippen LogP contribution in [0.15, 0.2) is 79.0 Å². The number of rotatable bonds is 4. The molecule has 2 aliphatic heterocycles. The second kappa shape index (κ2) is 8.33. The van der Waals surface area contributed by atoms with Crippen LogP contribution in [-0.4, -0.2) is 35.1 Å². The Labute approximate surface area is 199 Å². The van der Waals surface area contributed by atoms with E-state index in [0.29, 0.717) is 13.2 Å². The number of carbonyl (C=O) groups is 1. The van der Waals surface area contributed by atoms with Gasteiger partial charge in [-0.25, -0.2) is 0 Å². The van der Waals surface area contributed by atoms with Crippen molar-refractivity contribution in [1.29, 1.82) is 0 Å². The summed E-state index contributed by atoms with van der Waals surface area (Å²) in [6.45, 7) is 3.42. The number of amides is 1. The zero-order chi connectivity index (χ0) is 23.1. The van der Waals surface area contributed by atoms with E-state index in [9.17, 15) is 4.79 Å². The van der Waals surface area contributed by atoms with Gasteiger partial charge in [-0.3, -0.25) is 4.79 Å². The van der Waals surface area contributed by atoms with Crippen molar-refractivity contribution in [1.82, 2.24) is 9.47 Å². The Morgan fingerprint density at radius 2 is 1.71 bits per heavy atom.